The first-order valence-corrected chi connectivity index (χ1v) is 6.13. The van der Waals surface area contributed by atoms with Crippen LogP contribution in [0.1, 0.15) is 17.5 Å². The van der Waals surface area contributed by atoms with Crippen molar-refractivity contribution in [1.29, 1.82) is 0 Å². The molecular formula is C13H19N5O. The number of aryl methyl sites for hydroxylation is 1. The molecule has 19 heavy (non-hydrogen) atoms. The van der Waals surface area contributed by atoms with Crippen LogP contribution >= 0.6 is 0 Å². The Balaban J connectivity index is 2.17. The van der Waals surface area contributed by atoms with E-state index in [9.17, 15) is 0 Å². The zero-order valence-electron chi connectivity index (χ0n) is 11.2. The number of methoxy groups -OCH3 is 1. The minimum atomic E-state index is -0.136. The maximum atomic E-state index is 5.67. The average Bonchev–Trinajstić information content (AvgIpc) is 2.85. The summed E-state index contributed by atoms with van der Waals surface area (Å²) in [4.78, 5) is 4.21. The molecule has 0 aliphatic rings. The minimum Gasteiger partial charge on any atom is -0.375 e. The van der Waals surface area contributed by atoms with E-state index in [0.29, 0.717) is 6.42 Å². The van der Waals surface area contributed by atoms with Gasteiger partial charge in [0.15, 0.2) is 0 Å². The Morgan fingerprint density at radius 2 is 2.11 bits per heavy atom. The number of rotatable bonds is 6. The summed E-state index contributed by atoms with van der Waals surface area (Å²) in [5.41, 5.74) is 3.89. The first-order valence-electron chi connectivity index (χ1n) is 6.13. The fraction of sp³-hybridized carbons (Fsp3) is 0.385. The van der Waals surface area contributed by atoms with E-state index in [1.165, 1.54) is 6.33 Å². The molecule has 2 aromatic rings. The Morgan fingerprint density at radius 3 is 2.63 bits per heavy atom. The Labute approximate surface area is 112 Å². The number of hydrazine groups is 1. The summed E-state index contributed by atoms with van der Waals surface area (Å²) >= 11 is 0. The second-order valence-electron chi connectivity index (χ2n) is 4.34. The molecule has 2 rings (SSSR count). The Bertz CT molecular complexity index is 499. The average molecular weight is 261 g/mol. The van der Waals surface area contributed by atoms with E-state index in [0.717, 1.165) is 11.4 Å². The van der Waals surface area contributed by atoms with E-state index < -0.39 is 0 Å². The van der Waals surface area contributed by atoms with Crippen LogP contribution in [0.15, 0.2) is 36.7 Å². The van der Waals surface area contributed by atoms with E-state index >= 15 is 0 Å². The van der Waals surface area contributed by atoms with Gasteiger partial charge in [-0.15, -0.1) is 0 Å². The van der Waals surface area contributed by atoms with E-state index in [1.807, 2.05) is 37.4 Å². The molecule has 0 fully saturated rings. The number of aromatic nitrogens is 3. The highest BCUT2D eigenvalue weighted by Crippen LogP contribution is 2.22. The number of hydrogen-bond acceptors (Lipinski definition) is 5. The number of nitrogens with two attached hydrogens (primary N) is 1. The highest BCUT2D eigenvalue weighted by Gasteiger charge is 2.23. The Morgan fingerprint density at radius 1 is 1.37 bits per heavy atom. The van der Waals surface area contributed by atoms with Gasteiger partial charge in [0.2, 0.25) is 0 Å². The maximum absolute atomic E-state index is 5.67. The summed E-state index contributed by atoms with van der Waals surface area (Å²) in [5, 5.41) is 4.06. The van der Waals surface area contributed by atoms with Crippen molar-refractivity contribution in [2.75, 3.05) is 7.11 Å². The molecule has 0 radical (unpaired) electrons. The predicted molar refractivity (Wildman–Crippen MR) is 72.0 cm³/mol. The minimum absolute atomic E-state index is 0.0738. The summed E-state index contributed by atoms with van der Waals surface area (Å²) in [5.74, 6) is 6.53. The SMILES string of the molecule is COC(c1ccccc1)C(Cc1ncnn1C)NN. The van der Waals surface area contributed by atoms with Crippen LogP contribution in [0, 0.1) is 0 Å². The van der Waals surface area contributed by atoms with Crippen LogP contribution in [0.2, 0.25) is 0 Å². The predicted octanol–water partition coefficient (Wildman–Crippen LogP) is 0.577. The fourth-order valence-electron chi connectivity index (χ4n) is 2.13. The van der Waals surface area contributed by atoms with Crippen molar-refractivity contribution in [3.8, 4) is 0 Å². The monoisotopic (exact) mass is 261 g/mol. The normalized spacial score (nSPS) is 14.3. The molecular weight excluding hydrogens is 242 g/mol. The maximum Gasteiger partial charge on any atom is 0.138 e. The van der Waals surface area contributed by atoms with Gasteiger partial charge in [-0.1, -0.05) is 30.3 Å². The van der Waals surface area contributed by atoms with Crippen molar-refractivity contribution in [2.24, 2.45) is 12.9 Å². The van der Waals surface area contributed by atoms with Gasteiger partial charge in [-0.25, -0.2) is 4.98 Å². The largest absolute Gasteiger partial charge is 0.375 e. The molecule has 102 valence electrons. The number of hydrogen-bond donors (Lipinski definition) is 2. The molecule has 0 spiro atoms. The lowest BCUT2D eigenvalue weighted by Crippen LogP contribution is -2.42. The lowest BCUT2D eigenvalue weighted by Gasteiger charge is -2.25. The lowest BCUT2D eigenvalue weighted by atomic mass is 10.00. The van der Waals surface area contributed by atoms with Gasteiger partial charge in [-0.2, -0.15) is 5.10 Å². The quantitative estimate of drug-likeness (QED) is 0.587. The van der Waals surface area contributed by atoms with Gasteiger partial charge >= 0.3 is 0 Å². The van der Waals surface area contributed by atoms with Crippen molar-refractivity contribution in [1.82, 2.24) is 20.2 Å². The van der Waals surface area contributed by atoms with Crippen LogP contribution in [0.3, 0.4) is 0 Å². The van der Waals surface area contributed by atoms with Crippen LogP contribution in [0.25, 0.3) is 0 Å². The third kappa shape index (κ3) is 3.17. The van der Waals surface area contributed by atoms with Crippen molar-refractivity contribution >= 4 is 0 Å². The molecule has 2 atom stereocenters. The molecule has 6 heteroatoms. The second-order valence-corrected chi connectivity index (χ2v) is 4.34. The summed E-state index contributed by atoms with van der Waals surface area (Å²) < 4.78 is 7.32. The first-order chi connectivity index (χ1) is 9.26. The van der Waals surface area contributed by atoms with Gasteiger partial charge in [0.05, 0.1) is 12.1 Å². The van der Waals surface area contributed by atoms with Crippen LogP contribution in [0.4, 0.5) is 0 Å². The smallest absolute Gasteiger partial charge is 0.138 e. The summed E-state index contributed by atoms with van der Waals surface area (Å²) in [7, 11) is 3.54. The second kappa shape index (κ2) is 6.42. The molecule has 6 nitrogen and oxygen atoms in total. The van der Waals surface area contributed by atoms with Gasteiger partial charge in [-0.05, 0) is 5.56 Å². The molecule has 1 aromatic carbocycles. The topological polar surface area (TPSA) is 78.0 Å². The van der Waals surface area contributed by atoms with Crippen molar-refractivity contribution < 1.29 is 4.74 Å². The van der Waals surface area contributed by atoms with E-state index in [-0.39, 0.29) is 12.1 Å². The molecule has 0 saturated heterocycles. The standard InChI is InChI=1S/C13H19N5O/c1-18-12(15-9-16-18)8-11(17-14)13(19-2)10-6-4-3-5-7-10/h3-7,9,11,13,17H,8,14H2,1-2H3. The van der Waals surface area contributed by atoms with Gasteiger partial charge in [-0.3, -0.25) is 16.0 Å². The van der Waals surface area contributed by atoms with Crippen LogP contribution < -0.4 is 11.3 Å². The zero-order chi connectivity index (χ0) is 13.7. The van der Waals surface area contributed by atoms with Crippen molar-refractivity contribution in [2.45, 2.75) is 18.6 Å². The third-order valence-electron chi connectivity index (χ3n) is 3.17. The molecule has 0 aliphatic heterocycles. The highest BCUT2D eigenvalue weighted by molar-refractivity contribution is 5.19. The summed E-state index contributed by atoms with van der Waals surface area (Å²) in [6, 6.07) is 9.91. The van der Waals surface area contributed by atoms with Crippen LogP contribution in [-0.2, 0) is 18.2 Å². The number of benzene rings is 1. The van der Waals surface area contributed by atoms with Crippen LogP contribution in [0.5, 0.6) is 0 Å². The van der Waals surface area contributed by atoms with E-state index in [2.05, 4.69) is 15.5 Å². The number of nitrogens with zero attached hydrogens (tertiary/aromatic N) is 3. The molecule has 1 aromatic heterocycles. The molecule has 1 heterocycles. The van der Waals surface area contributed by atoms with Crippen LogP contribution in [-0.4, -0.2) is 27.9 Å². The third-order valence-corrected chi connectivity index (χ3v) is 3.17. The summed E-state index contributed by atoms with van der Waals surface area (Å²) in [6.45, 7) is 0. The van der Waals surface area contributed by atoms with E-state index in [4.69, 9.17) is 10.6 Å². The van der Waals surface area contributed by atoms with Gasteiger partial charge in [0.1, 0.15) is 12.2 Å². The highest BCUT2D eigenvalue weighted by atomic mass is 16.5. The zero-order valence-corrected chi connectivity index (χ0v) is 11.2. The van der Waals surface area contributed by atoms with Crippen molar-refractivity contribution in [3.05, 3.63) is 48.0 Å². The Hall–Kier alpha value is -1.76. The molecule has 2 unspecified atom stereocenters. The molecule has 0 bridgehead atoms. The van der Waals surface area contributed by atoms with Gasteiger partial charge in [0, 0.05) is 20.6 Å². The van der Waals surface area contributed by atoms with Crippen molar-refractivity contribution in [3.63, 3.8) is 0 Å². The lowest BCUT2D eigenvalue weighted by molar-refractivity contribution is 0.0669. The van der Waals surface area contributed by atoms with Gasteiger partial charge in [0.25, 0.3) is 0 Å². The van der Waals surface area contributed by atoms with E-state index in [1.54, 1.807) is 11.8 Å². The first kappa shape index (κ1) is 13.7. The molecule has 0 aliphatic carbocycles. The molecule has 0 amide bonds. The van der Waals surface area contributed by atoms with Gasteiger partial charge < -0.3 is 4.74 Å². The number of nitrogens with one attached hydrogen (secondary N) is 1. The Kier molecular flexibility index (Phi) is 4.62. The molecule has 0 saturated carbocycles. The fourth-order valence-corrected chi connectivity index (χ4v) is 2.13. The summed E-state index contributed by atoms with van der Waals surface area (Å²) in [6.07, 6.45) is 2.04. The number of ether oxygens (including phenoxy) is 1. The molecule has 3 N–H and O–H groups in total.